The Morgan fingerprint density at radius 3 is 3.00 bits per heavy atom. The molecular formula is C6H12O3. The first kappa shape index (κ1) is 6.99. The number of hydrogen-bond acceptors (Lipinski definition) is 3. The van der Waals surface area contributed by atoms with E-state index in [1.54, 1.807) is 0 Å². The Balaban J connectivity index is 1.90. The summed E-state index contributed by atoms with van der Waals surface area (Å²) in [5, 5.41) is 8.50. The van der Waals surface area contributed by atoms with Crippen molar-refractivity contribution >= 4 is 0 Å². The predicted octanol–water partition coefficient (Wildman–Crippen LogP) is -0.217. The van der Waals surface area contributed by atoms with E-state index in [0.717, 1.165) is 6.61 Å². The number of ether oxygens (including phenoxy) is 2. The maximum Gasteiger partial charge on any atom is 0.104 e. The van der Waals surface area contributed by atoms with E-state index in [9.17, 15) is 0 Å². The Labute approximate surface area is 54.6 Å². The van der Waals surface area contributed by atoms with Crippen LogP contribution in [0.15, 0.2) is 0 Å². The average Bonchev–Trinajstić information content (AvgIpc) is 2.65. The maximum absolute atomic E-state index is 8.50. The van der Waals surface area contributed by atoms with E-state index in [1.807, 2.05) is 6.92 Å². The minimum absolute atomic E-state index is 0.0470. The average molecular weight is 132 g/mol. The molecular weight excluding hydrogens is 120 g/mol. The fourth-order valence-electron chi connectivity index (χ4n) is 0.489. The largest absolute Gasteiger partial charge is 0.394 e. The van der Waals surface area contributed by atoms with Crippen molar-refractivity contribution in [2.24, 2.45) is 0 Å². The Kier molecular flexibility index (Phi) is 2.45. The van der Waals surface area contributed by atoms with Crippen LogP contribution in [0.3, 0.4) is 0 Å². The van der Waals surface area contributed by atoms with Gasteiger partial charge in [0.15, 0.2) is 0 Å². The topological polar surface area (TPSA) is 42.0 Å². The zero-order valence-electron chi connectivity index (χ0n) is 5.54. The molecule has 1 heterocycles. The molecule has 3 nitrogen and oxygen atoms in total. The van der Waals surface area contributed by atoms with Crippen LogP contribution >= 0.6 is 0 Å². The van der Waals surface area contributed by atoms with Crippen molar-refractivity contribution < 1.29 is 14.6 Å². The third-order valence-electron chi connectivity index (χ3n) is 1.23. The van der Waals surface area contributed by atoms with Gasteiger partial charge < -0.3 is 14.6 Å². The van der Waals surface area contributed by atoms with Gasteiger partial charge in [-0.15, -0.1) is 0 Å². The van der Waals surface area contributed by atoms with Crippen molar-refractivity contribution in [2.75, 3.05) is 19.8 Å². The van der Waals surface area contributed by atoms with Gasteiger partial charge in [-0.25, -0.2) is 0 Å². The summed E-state index contributed by atoms with van der Waals surface area (Å²) < 4.78 is 10.0. The van der Waals surface area contributed by atoms with Crippen LogP contribution in [0, 0.1) is 0 Å². The fourth-order valence-corrected chi connectivity index (χ4v) is 0.489. The maximum atomic E-state index is 8.50. The van der Waals surface area contributed by atoms with Gasteiger partial charge in [-0.1, -0.05) is 0 Å². The summed E-state index contributed by atoms with van der Waals surface area (Å²) in [6, 6.07) is 0. The van der Waals surface area contributed by atoms with Gasteiger partial charge in [0.2, 0.25) is 0 Å². The lowest BCUT2D eigenvalue weighted by Crippen LogP contribution is -2.15. The fraction of sp³-hybridized carbons (Fsp3) is 1.00. The van der Waals surface area contributed by atoms with Crippen LogP contribution in [0.4, 0.5) is 0 Å². The van der Waals surface area contributed by atoms with Gasteiger partial charge in [0.05, 0.1) is 25.9 Å². The third kappa shape index (κ3) is 2.79. The molecule has 1 aliphatic rings. The van der Waals surface area contributed by atoms with E-state index in [-0.39, 0.29) is 12.7 Å². The molecule has 0 aromatic rings. The molecule has 0 aromatic heterocycles. The van der Waals surface area contributed by atoms with Crippen molar-refractivity contribution in [1.82, 2.24) is 0 Å². The summed E-state index contributed by atoms with van der Waals surface area (Å²) in [5.74, 6) is 0. The van der Waals surface area contributed by atoms with Gasteiger partial charge in [-0.2, -0.15) is 0 Å². The van der Waals surface area contributed by atoms with Crippen LogP contribution < -0.4 is 0 Å². The van der Waals surface area contributed by atoms with E-state index in [1.165, 1.54) is 0 Å². The van der Waals surface area contributed by atoms with E-state index < -0.39 is 0 Å². The molecule has 0 aromatic carbocycles. The Bertz CT molecular complexity index is 80.4. The number of aliphatic hydroxyl groups is 1. The molecule has 0 radical (unpaired) electrons. The lowest BCUT2D eigenvalue weighted by molar-refractivity contribution is 0.0174. The zero-order chi connectivity index (χ0) is 6.69. The summed E-state index contributed by atoms with van der Waals surface area (Å²) in [7, 11) is 0. The molecule has 1 fully saturated rings. The molecule has 54 valence electrons. The summed E-state index contributed by atoms with van der Waals surface area (Å²) >= 11 is 0. The molecule has 0 aliphatic carbocycles. The molecule has 2 atom stereocenters. The van der Waals surface area contributed by atoms with Gasteiger partial charge in [0.25, 0.3) is 0 Å². The first-order valence-corrected chi connectivity index (χ1v) is 3.17. The van der Waals surface area contributed by atoms with Crippen LogP contribution in [-0.4, -0.2) is 37.1 Å². The standard InChI is InChI=1S/C6H12O3/c1-5(2-7)8-3-6-4-9-6/h5-7H,2-4H2,1H3/t5-,6-/m0/s1. The summed E-state index contributed by atoms with van der Waals surface area (Å²) in [4.78, 5) is 0. The first-order valence-electron chi connectivity index (χ1n) is 3.17. The van der Waals surface area contributed by atoms with Crippen molar-refractivity contribution in [2.45, 2.75) is 19.1 Å². The van der Waals surface area contributed by atoms with Crippen molar-refractivity contribution in [3.63, 3.8) is 0 Å². The molecule has 0 amide bonds. The summed E-state index contributed by atoms with van der Waals surface area (Å²) in [5.41, 5.74) is 0. The highest BCUT2D eigenvalue weighted by Gasteiger charge is 2.22. The lowest BCUT2D eigenvalue weighted by atomic mass is 10.4. The second-order valence-corrected chi connectivity index (χ2v) is 2.28. The molecule has 1 aliphatic heterocycles. The highest BCUT2D eigenvalue weighted by molar-refractivity contribution is 4.67. The molecule has 1 saturated heterocycles. The quantitative estimate of drug-likeness (QED) is 0.538. The van der Waals surface area contributed by atoms with Crippen molar-refractivity contribution in [3.05, 3.63) is 0 Å². The van der Waals surface area contributed by atoms with Crippen LogP contribution in [0.25, 0.3) is 0 Å². The normalized spacial score (nSPS) is 28.0. The number of epoxide rings is 1. The van der Waals surface area contributed by atoms with E-state index in [4.69, 9.17) is 14.6 Å². The number of aliphatic hydroxyl groups excluding tert-OH is 1. The highest BCUT2D eigenvalue weighted by atomic mass is 16.6. The smallest absolute Gasteiger partial charge is 0.104 e. The molecule has 0 unspecified atom stereocenters. The Morgan fingerprint density at radius 2 is 2.56 bits per heavy atom. The second-order valence-electron chi connectivity index (χ2n) is 2.28. The van der Waals surface area contributed by atoms with E-state index >= 15 is 0 Å². The molecule has 3 heteroatoms. The molecule has 0 saturated carbocycles. The SMILES string of the molecule is C[C@@H](CO)OC[C@H]1CO1. The Hall–Kier alpha value is -0.120. The highest BCUT2D eigenvalue weighted by Crippen LogP contribution is 2.09. The van der Waals surface area contributed by atoms with Gasteiger partial charge in [0, 0.05) is 0 Å². The van der Waals surface area contributed by atoms with Gasteiger partial charge in [0.1, 0.15) is 6.10 Å². The van der Waals surface area contributed by atoms with Gasteiger partial charge >= 0.3 is 0 Å². The predicted molar refractivity (Wildman–Crippen MR) is 32.2 cm³/mol. The monoisotopic (exact) mass is 132 g/mol. The van der Waals surface area contributed by atoms with Crippen LogP contribution in [0.1, 0.15) is 6.92 Å². The molecule has 0 bridgehead atoms. The Morgan fingerprint density at radius 1 is 1.89 bits per heavy atom. The molecule has 1 N–H and O–H groups in total. The first-order chi connectivity index (χ1) is 4.33. The molecule has 9 heavy (non-hydrogen) atoms. The van der Waals surface area contributed by atoms with Gasteiger partial charge in [-0.3, -0.25) is 0 Å². The lowest BCUT2D eigenvalue weighted by Gasteiger charge is -2.06. The van der Waals surface area contributed by atoms with Crippen LogP contribution in [-0.2, 0) is 9.47 Å². The zero-order valence-corrected chi connectivity index (χ0v) is 5.54. The minimum atomic E-state index is -0.0470. The van der Waals surface area contributed by atoms with Crippen LogP contribution in [0.2, 0.25) is 0 Å². The van der Waals surface area contributed by atoms with Crippen molar-refractivity contribution in [1.29, 1.82) is 0 Å². The van der Waals surface area contributed by atoms with E-state index in [0.29, 0.717) is 12.7 Å². The number of hydrogen-bond donors (Lipinski definition) is 1. The van der Waals surface area contributed by atoms with Gasteiger partial charge in [-0.05, 0) is 6.92 Å². The van der Waals surface area contributed by atoms with Crippen LogP contribution in [0.5, 0.6) is 0 Å². The number of rotatable bonds is 4. The molecule has 1 rings (SSSR count). The summed E-state index contributed by atoms with van der Waals surface area (Å²) in [6.07, 6.45) is 0.258. The minimum Gasteiger partial charge on any atom is -0.394 e. The third-order valence-corrected chi connectivity index (χ3v) is 1.23. The summed E-state index contributed by atoms with van der Waals surface area (Å²) in [6.45, 7) is 3.37. The second kappa shape index (κ2) is 3.15. The van der Waals surface area contributed by atoms with Crippen molar-refractivity contribution in [3.8, 4) is 0 Å². The van der Waals surface area contributed by atoms with E-state index in [2.05, 4.69) is 0 Å². The molecule has 0 spiro atoms.